The van der Waals surface area contributed by atoms with E-state index in [2.05, 4.69) is 20.1 Å². The second-order valence-electron chi connectivity index (χ2n) is 8.24. The third kappa shape index (κ3) is 5.56. The van der Waals surface area contributed by atoms with Gasteiger partial charge in [0, 0.05) is 25.6 Å². The van der Waals surface area contributed by atoms with Crippen molar-refractivity contribution >= 4 is 27.7 Å². The Labute approximate surface area is 184 Å². The number of aryl methyl sites for hydroxylation is 1. The number of nitrogens with zero attached hydrogens (tertiary/aromatic N) is 4. The van der Waals surface area contributed by atoms with Crippen molar-refractivity contribution in [1.82, 2.24) is 24.4 Å². The highest BCUT2D eigenvalue weighted by molar-refractivity contribution is 7.98. The Balaban J connectivity index is 1.54. The van der Waals surface area contributed by atoms with Crippen molar-refractivity contribution in [3.63, 3.8) is 0 Å². The number of thioether (sulfide) groups is 1. The van der Waals surface area contributed by atoms with Crippen molar-refractivity contribution in [3.8, 4) is 0 Å². The monoisotopic (exact) mass is 457 g/mol. The molecule has 2 heterocycles. The van der Waals surface area contributed by atoms with Crippen LogP contribution in [0.5, 0.6) is 0 Å². The molecule has 170 valence electrons. The Morgan fingerprint density at radius 3 is 2.60 bits per heavy atom. The van der Waals surface area contributed by atoms with Crippen molar-refractivity contribution in [1.29, 1.82) is 0 Å². The molecule has 1 saturated heterocycles. The van der Waals surface area contributed by atoms with Gasteiger partial charge in [0.25, 0.3) is 0 Å². The fourth-order valence-electron chi connectivity index (χ4n) is 4.60. The van der Waals surface area contributed by atoms with E-state index < -0.39 is 16.1 Å². The number of nitrogens with one attached hydrogen (secondary N) is 1. The van der Waals surface area contributed by atoms with Crippen molar-refractivity contribution in [2.75, 3.05) is 25.1 Å². The van der Waals surface area contributed by atoms with Gasteiger partial charge in [0.2, 0.25) is 15.9 Å². The number of amides is 1. The number of carbonyl (C=O) groups is 1. The van der Waals surface area contributed by atoms with E-state index in [0.29, 0.717) is 32.0 Å². The maximum atomic E-state index is 12.7. The number of piperidine rings is 1. The van der Waals surface area contributed by atoms with Crippen molar-refractivity contribution < 1.29 is 13.2 Å². The van der Waals surface area contributed by atoms with Crippen molar-refractivity contribution in [2.45, 2.75) is 88.4 Å². The van der Waals surface area contributed by atoms with Crippen LogP contribution in [0.4, 0.5) is 0 Å². The SMILES string of the molecule is CCCS(=O)(=O)N1CCCCC1C(=O)NCCCc1nnc(SC)n1C1CCCC1. The molecule has 1 aromatic heterocycles. The first-order chi connectivity index (χ1) is 14.5. The Bertz CT molecular complexity index is 805. The molecular formula is C20H35N5O3S2. The second-order valence-corrected chi connectivity index (χ2v) is 11.1. The molecule has 1 aliphatic heterocycles. The van der Waals surface area contributed by atoms with E-state index in [4.69, 9.17) is 0 Å². The van der Waals surface area contributed by atoms with Crippen LogP contribution in [-0.4, -0.2) is 64.5 Å². The summed E-state index contributed by atoms with van der Waals surface area (Å²) in [7, 11) is -3.37. The van der Waals surface area contributed by atoms with Gasteiger partial charge in [-0.05, 0) is 44.8 Å². The molecule has 1 aromatic rings. The average Bonchev–Trinajstić information content (AvgIpc) is 3.40. The van der Waals surface area contributed by atoms with Gasteiger partial charge < -0.3 is 9.88 Å². The average molecular weight is 458 g/mol. The molecule has 3 rings (SSSR count). The quantitative estimate of drug-likeness (QED) is 0.429. The van der Waals surface area contributed by atoms with Crippen LogP contribution in [0.1, 0.15) is 76.6 Å². The van der Waals surface area contributed by atoms with Crippen LogP contribution < -0.4 is 5.32 Å². The fourth-order valence-corrected chi connectivity index (χ4v) is 6.92. The van der Waals surface area contributed by atoms with Crippen LogP contribution in [0, 0.1) is 0 Å². The first kappa shape index (κ1) is 23.5. The maximum absolute atomic E-state index is 12.7. The number of carbonyl (C=O) groups excluding carboxylic acids is 1. The molecule has 1 aliphatic carbocycles. The zero-order valence-corrected chi connectivity index (χ0v) is 19.8. The molecular weight excluding hydrogens is 422 g/mol. The molecule has 1 saturated carbocycles. The van der Waals surface area contributed by atoms with E-state index in [0.717, 1.165) is 36.7 Å². The lowest BCUT2D eigenvalue weighted by Crippen LogP contribution is -2.52. The largest absolute Gasteiger partial charge is 0.355 e. The minimum atomic E-state index is -3.37. The Morgan fingerprint density at radius 1 is 1.17 bits per heavy atom. The standard InChI is InChI=1S/C20H35N5O3S2/c1-3-15-30(27,28)24-14-7-6-11-17(24)19(26)21-13-8-12-18-22-23-20(29-2)25(18)16-9-4-5-10-16/h16-17H,3-15H2,1-2H3,(H,21,26). The lowest BCUT2D eigenvalue weighted by atomic mass is 10.0. The van der Waals surface area contributed by atoms with Gasteiger partial charge in [0.15, 0.2) is 5.16 Å². The van der Waals surface area contributed by atoms with E-state index in [1.165, 1.54) is 30.0 Å². The third-order valence-electron chi connectivity index (χ3n) is 6.06. The molecule has 1 unspecified atom stereocenters. The molecule has 8 nitrogen and oxygen atoms in total. The van der Waals surface area contributed by atoms with Crippen LogP contribution in [0.3, 0.4) is 0 Å². The molecule has 0 bridgehead atoms. The highest BCUT2D eigenvalue weighted by atomic mass is 32.2. The Kier molecular flexibility index (Phi) is 8.59. The first-order valence-corrected chi connectivity index (χ1v) is 14.1. The summed E-state index contributed by atoms with van der Waals surface area (Å²) in [5, 5.41) is 12.7. The van der Waals surface area contributed by atoms with Gasteiger partial charge >= 0.3 is 0 Å². The fraction of sp³-hybridized carbons (Fsp3) is 0.850. The van der Waals surface area contributed by atoms with Gasteiger partial charge in [-0.2, -0.15) is 4.31 Å². The van der Waals surface area contributed by atoms with Gasteiger partial charge in [-0.15, -0.1) is 10.2 Å². The van der Waals surface area contributed by atoms with Crippen molar-refractivity contribution in [3.05, 3.63) is 5.82 Å². The smallest absolute Gasteiger partial charge is 0.238 e. The maximum Gasteiger partial charge on any atom is 0.238 e. The van der Waals surface area contributed by atoms with Gasteiger partial charge in [-0.1, -0.05) is 37.9 Å². The summed E-state index contributed by atoms with van der Waals surface area (Å²) in [4.78, 5) is 12.7. The lowest BCUT2D eigenvalue weighted by Gasteiger charge is -2.33. The van der Waals surface area contributed by atoms with Crippen LogP contribution in [-0.2, 0) is 21.2 Å². The van der Waals surface area contributed by atoms with E-state index in [1.807, 2.05) is 13.2 Å². The summed E-state index contributed by atoms with van der Waals surface area (Å²) in [5.41, 5.74) is 0. The molecule has 1 atom stereocenters. The van der Waals surface area contributed by atoms with Gasteiger partial charge in [-0.3, -0.25) is 4.79 Å². The molecule has 1 amide bonds. The number of rotatable bonds is 10. The van der Waals surface area contributed by atoms with Crippen LogP contribution >= 0.6 is 11.8 Å². The van der Waals surface area contributed by atoms with E-state index in [1.54, 1.807) is 11.8 Å². The number of sulfonamides is 1. The zero-order chi connectivity index (χ0) is 21.6. The summed E-state index contributed by atoms with van der Waals surface area (Å²) in [6, 6.07) is -0.0767. The topological polar surface area (TPSA) is 97.2 Å². The summed E-state index contributed by atoms with van der Waals surface area (Å²) >= 11 is 1.63. The zero-order valence-electron chi connectivity index (χ0n) is 18.2. The molecule has 10 heteroatoms. The van der Waals surface area contributed by atoms with E-state index >= 15 is 0 Å². The van der Waals surface area contributed by atoms with E-state index in [9.17, 15) is 13.2 Å². The molecule has 2 fully saturated rings. The van der Waals surface area contributed by atoms with Crippen LogP contribution in [0.15, 0.2) is 5.16 Å². The van der Waals surface area contributed by atoms with Crippen LogP contribution in [0.25, 0.3) is 0 Å². The van der Waals surface area contributed by atoms with Gasteiger partial charge in [0.05, 0.1) is 5.75 Å². The molecule has 30 heavy (non-hydrogen) atoms. The predicted octanol–water partition coefficient (Wildman–Crippen LogP) is 2.76. The minimum Gasteiger partial charge on any atom is -0.355 e. The number of hydrogen-bond acceptors (Lipinski definition) is 6. The highest BCUT2D eigenvalue weighted by Crippen LogP contribution is 2.33. The predicted molar refractivity (Wildman–Crippen MR) is 119 cm³/mol. The minimum absolute atomic E-state index is 0.103. The Hall–Kier alpha value is -1.13. The van der Waals surface area contributed by atoms with Gasteiger partial charge in [0.1, 0.15) is 11.9 Å². The summed E-state index contributed by atoms with van der Waals surface area (Å²) in [6.45, 7) is 2.81. The summed E-state index contributed by atoms with van der Waals surface area (Å²) in [5.74, 6) is 0.924. The van der Waals surface area contributed by atoms with E-state index in [-0.39, 0.29) is 11.7 Å². The molecule has 0 radical (unpaired) electrons. The Morgan fingerprint density at radius 2 is 1.90 bits per heavy atom. The first-order valence-electron chi connectivity index (χ1n) is 11.2. The molecule has 1 N–H and O–H groups in total. The van der Waals surface area contributed by atoms with Crippen LogP contribution in [0.2, 0.25) is 0 Å². The summed E-state index contributed by atoms with van der Waals surface area (Å²) in [6.07, 6.45) is 11.3. The number of aromatic nitrogens is 3. The number of hydrogen-bond donors (Lipinski definition) is 1. The van der Waals surface area contributed by atoms with Crippen molar-refractivity contribution in [2.24, 2.45) is 0 Å². The molecule has 2 aliphatic rings. The molecule has 0 aromatic carbocycles. The lowest BCUT2D eigenvalue weighted by molar-refractivity contribution is -0.125. The normalized spacial score (nSPS) is 21.2. The summed E-state index contributed by atoms with van der Waals surface area (Å²) < 4.78 is 28.8. The third-order valence-corrected chi connectivity index (χ3v) is 8.78. The van der Waals surface area contributed by atoms with Gasteiger partial charge in [-0.25, -0.2) is 8.42 Å². The second kappa shape index (κ2) is 10.9. The molecule has 0 spiro atoms. The highest BCUT2D eigenvalue weighted by Gasteiger charge is 2.36.